The molecule has 0 amide bonds. The van der Waals surface area contributed by atoms with Crippen LogP contribution in [-0.2, 0) is 13.0 Å². The van der Waals surface area contributed by atoms with E-state index in [0.717, 1.165) is 13.0 Å². The average Bonchev–Trinajstić information content (AvgIpc) is 2.84. The molecule has 1 heterocycles. The predicted molar refractivity (Wildman–Crippen MR) is 80.4 cm³/mol. The van der Waals surface area contributed by atoms with Crippen molar-refractivity contribution in [3.63, 3.8) is 0 Å². The fraction of sp³-hybridized carbons (Fsp3) is 0.333. The van der Waals surface area contributed by atoms with Crippen molar-refractivity contribution in [2.45, 2.75) is 19.9 Å². The van der Waals surface area contributed by atoms with Crippen LogP contribution >= 0.6 is 11.3 Å². The van der Waals surface area contributed by atoms with E-state index in [9.17, 15) is 0 Å². The minimum absolute atomic E-state index is 0.714. The maximum atomic E-state index is 5.61. The standard InChI is InChI=1S/C15H20N2S/c1-12-10-14(6-5-13(12)7-8-16)17(2)11-15-4-3-9-18-15/h3-6,9-10H,7-8,11,16H2,1-2H3. The van der Waals surface area contributed by atoms with Gasteiger partial charge in [-0.25, -0.2) is 0 Å². The number of hydrogen-bond donors (Lipinski definition) is 1. The molecule has 3 heteroatoms. The van der Waals surface area contributed by atoms with Crippen molar-refractivity contribution in [2.75, 3.05) is 18.5 Å². The van der Waals surface area contributed by atoms with Crippen LogP contribution in [0.15, 0.2) is 35.7 Å². The van der Waals surface area contributed by atoms with E-state index in [1.54, 1.807) is 11.3 Å². The molecule has 1 aromatic carbocycles. The molecule has 18 heavy (non-hydrogen) atoms. The number of benzene rings is 1. The second-order valence-corrected chi connectivity index (χ2v) is 5.62. The molecule has 2 N–H and O–H groups in total. The molecule has 0 saturated carbocycles. The molecule has 0 aliphatic carbocycles. The van der Waals surface area contributed by atoms with Gasteiger partial charge >= 0.3 is 0 Å². The maximum absolute atomic E-state index is 5.61. The second-order valence-electron chi connectivity index (χ2n) is 4.58. The fourth-order valence-corrected chi connectivity index (χ4v) is 2.84. The smallest absolute Gasteiger partial charge is 0.0519 e. The molecular weight excluding hydrogens is 240 g/mol. The molecular formula is C15H20N2S. The van der Waals surface area contributed by atoms with Crippen LogP contribution in [-0.4, -0.2) is 13.6 Å². The van der Waals surface area contributed by atoms with Gasteiger partial charge in [-0.05, 0) is 54.6 Å². The number of hydrogen-bond acceptors (Lipinski definition) is 3. The van der Waals surface area contributed by atoms with Crippen LogP contribution in [0.1, 0.15) is 16.0 Å². The van der Waals surface area contributed by atoms with E-state index < -0.39 is 0 Å². The molecule has 0 aliphatic rings. The zero-order chi connectivity index (χ0) is 13.0. The number of nitrogens with zero attached hydrogens (tertiary/aromatic N) is 1. The molecule has 0 atom stereocenters. The van der Waals surface area contributed by atoms with Gasteiger partial charge in [0.25, 0.3) is 0 Å². The van der Waals surface area contributed by atoms with Crippen LogP contribution in [0.2, 0.25) is 0 Å². The average molecular weight is 260 g/mol. The van der Waals surface area contributed by atoms with Gasteiger partial charge in [0.1, 0.15) is 0 Å². The first-order valence-electron chi connectivity index (χ1n) is 6.24. The summed E-state index contributed by atoms with van der Waals surface area (Å²) in [5, 5.41) is 2.12. The molecule has 0 spiro atoms. The van der Waals surface area contributed by atoms with Gasteiger partial charge < -0.3 is 10.6 Å². The highest BCUT2D eigenvalue weighted by atomic mass is 32.1. The Bertz CT molecular complexity index is 491. The van der Waals surface area contributed by atoms with Crippen molar-refractivity contribution < 1.29 is 0 Å². The number of thiophene rings is 1. The lowest BCUT2D eigenvalue weighted by molar-refractivity contribution is 0.928. The summed E-state index contributed by atoms with van der Waals surface area (Å²) in [4.78, 5) is 3.67. The quantitative estimate of drug-likeness (QED) is 0.894. The summed E-state index contributed by atoms with van der Waals surface area (Å²) >= 11 is 1.80. The Hall–Kier alpha value is -1.32. The van der Waals surface area contributed by atoms with E-state index in [1.165, 1.54) is 21.7 Å². The van der Waals surface area contributed by atoms with Crippen LogP contribution in [0.4, 0.5) is 5.69 Å². The molecule has 0 fully saturated rings. The summed E-state index contributed by atoms with van der Waals surface area (Å²) < 4.78 is 0. The molecule has 0 radical (unpaired) electrons. The van der Waals surface area contributed by atoms with Crippen molar-refractivity contribution >= 4 is 17.0 Å². The van der Waals surface area contributed by atoms with Crippen LogP contribution in [0.5, 0.6) is 0 Å². The molecule has 0 bridgehead atoms. The maximum Gasteiger partial charge on any atom is 0.0519 e. The van der Waals surface area contributed by atoms with E-state index >= 15 is 0 Å². The van der Waals surface area contributed by atoms with Gasteiger partial charge in [0.2, 0.25) is 0 Å². The van der Waals surface area contributed by atoms with Crippen molar-refractivity contribution in [1.82, 2.24) is 0 Å². The van der Waals surface area contributed by atoms with Crippen molar-refractivity contribution in [3.8, 4) is 0 Å². The topological polar surface area (TPSA) is 29.3 Å². The van der Waals surface area contributed by atoms with Crippen LogP contribution in [0.25, 0.3) is 0 Å². The highest BCUT2D eigenvalue weighted by molar-refractivity contribution is 7.09. The summed E-state index contributed by atoms with van der Waals surface area (Å²) in [6, 6.07) is 10.9. The zero-order valence-electron chi connectivity index (χ0n) is 11.0. The van der Waals surface area contributed by atoms with Gasteiger partial charge in [-0.1, -0.05) is 12.1 Å². The summed E-state index contributed by atoms with van der Waals surface area (Å²) in [6.07, 6.45) is 0.959. The highest BCUT2D eigenvalue weighted by Gasteiger charge is 2.05. The molecule has 96 valence electrons. The molecule has 2 aromatic rings. The lowest BCUT2D eigenvalue weighted by Gasteiger charge is -2.20. The minimum atomic E-state index is 0.714. The van der Waals surface area contributed by atoms with Gasteiger partial charge in [-0.3, -0.25) is 0 Å². The lowest BCUT2D eigenvalue weighted by atomic mass is 10.0. The number of aryl methyl sites for hydroxylation is 1. The second kappa shape index (κ2) is 6.03. The summed E-state index contributed by atoms with van der Waals surface area (Å²) in [7, 11) is 2.14. The lowest BCUT2D eigenvalue weighted by Crippen LogP contribution is -2.16. The monoisotopic (exact) mass is 260 g/mol. The molecule has 2 nitrogen and oxygen atoms in total. The van der Waals surface area contributed by atoms with Crippen LogP contribution in [0.3, 0.4) is 0 Å². The summed E-state index contributed by atoms with van der Waals surface area (Å²) in [6.45, 7) is 3.84. The van der Waals surface area contributed by atoms with Gasteiger partial charge in [0.05, 0.1) is 6.54 Å². The SMILES string of the molecule is Cc1cc(N(C)Cc2cccs2)ccc1CCN. The molecule has 0 unspecified atom stereocenters. The van der Waals surface area contributed by atoms with Crippen molar-refractivity contribution in [2.24, 2.45) is 5.73 Å². The van der Waals surface area contributed by atoms with E-state index in [2.05, 4.69) is 54.6 Å². The van der Waals surface area contributed by atoms with E-state index in [1.807, 2.05) is 0 Å². The van der Waals surface area contributed by atoms with Gasteiger partial charge in [-0.2, -0.15) is 0 Å². The summed E-state index contributed by atoms with van der Waals surface area (Å²) in [5.41, 5.74) is 9.56. The van der Waals surface area contributed by atoms with E-state index in [4.69, 9.17) is 5.73 Å². The fourth-order valence-electron chi connectivity index (χ4n) is 2.08. The zero-order valence-corrected chi connectivity index (χ0v) is 11.8. The van der Waals surface area contributed by atoms with E-state index in [0.29, 0.717) is 6.54 Å². The third-order valence-corrected chi connectivity index (χ3v) is 4.01. The van der Waals surface area contributed by atoms with Crippen molar-refractivity contribution in [3.05, 3.63) is 51.7 Å². The number of nitrogens with two attached hydrogens (primary N) is 1. The Labute approximate surface area is 113 Å². The Morgan fingerprint density at radius 3 is 2.72 bits per heavy atom. The van der Waals surface area contributed by atoms with E-state index in [-0.39, 0.29) is 0 Å². The van der Waals surface area contributed by atoms with Crippen LogP contribution < -0.4 is 10.6 Å². The Balaban J connectivity index is 2.11. The van der Waals surface area contributed by atoms with Gasteiger partial charge in [0.15, 0.2) is 0 Å². The number of anilines is 1. The first-order chi connectivity index (χ1) is 8.70. The molecule has 2 rings (SSSR count). The predicted octanol–water partition coefficient (Wildman–Crippen LogP) is 3.19. The Kier molecular flexibility index (Phi) is 4.39. The molecule has 1 aromatic heterocycles. The third-order valence-electron chi connectivity index (χ3n) is 3.15. The first-order valence-corrected chi connectivity index (χ1v) is 7.12. The van der Waals surface area contributed by atoms with Crippen molar-refractivity contribution in [1.29, 1.82) is 0 Å². The molecule has 0 aliphatic heterocycles. The van der Waals surface area contributed by atoms with Gasteiger partial charge in [0, 0.05) is 17.6 Å². The largest absolute Gasteiger partial charge is 0.369 e. The Morgan fingerprint density at radius 1 is 1.28 bits per heavy atom. The third kappa shape index (κ3) is 3.12. The highest BCUT2D eigenvalue weighted by Crippen LogP contribution is 2.21. The number of rotatable bonds is 5. The Morgan fingerprint density at radius 2 is 2.11 bits per heavy atom. The first kappa shape index (κ1) is 13.1. The minimum Gasteiger partial charge on any atom is -0.369 e. The van der Waals surface area contributed by atoms with Crippen LogP contribution in [0, 0.1) is 6.92 Å². The van der Waals surface area contributed by atoms with Gasteiger partial charge in [-0.15, -0.1) is 11.3 Å². The summed E-state index contributed by atoms with van der Waals surface area (Å²) in [5.74, 6) is 0. The normalized spacial score (nSPS) is 10.6. The molecule has 0 saturated heterocycles.